The zero-order valence-electron chi connectivity index (χ0n) is 10.6. The van der Waals surface area contributed by atoms with Crippen LogP contribution in [0.2, 0.25) is 5.02 Å². The third kappa shape index (κ3) is 3.16. The first-order valence-electron chi connectivity index (χ1n) is 6.21. The number of nitrogens with zero attached hydrogens (tertiary/aromatic N) is 1. The van der Waals surface area contributed by atoms with Crippen molar-refractivity contribution in [3.63, 3.8) is 0 Å². The molecule has 6 heteroatoms. The van der Waals surface area contributed by atoms with Gasteiger partial charge in [0, 0.05) is 13.1 Å². The molecule has 2 rings (SSSR count). The SMILES string of the molecule is CN(O)c1cc(C(=O)NC2CCCC2)c(Cl)cc1F. The molecule has 0 aromatic heterocycles. The van der Waals surface area contributed by atoms with E-state index in [1.54, 1.807) is 0 Å². The second-order valence-corrected chi connectivity index (χ2v) is 5.17. The number of carbonyl (C=O) groups excluding carboxylic acids is 1. The van der Waals surface area contributed by atoms with E-state index in [1.807, 2.05) is 0 Å². The van der Waals surface area contributed by atoms with E-state index in [0.717, 1.165) is 31.7 Å². The predicted molar refractivity (Wildman–Crippen MR) is 71.3 cm³/mol. The van der Waals surface area contributed by atoms with Crippen LogP contribution in [0.25, 0.3) is 0 Å². The topological polar surface area (TPSA) is 52.6 Å². The van der Waals surface area contributed by atoms with Crippen LogP contribution >= 0.6 is 11.6 Å². The van der Waals surface area contributed by atoms with Crippen molar-refractivity contribution in [1.29, 1.82) is 0 Å². The second-order valence-electron chi connectivity index (χ2n) is 4.76. The quantitative estimate of drug-likeness (QED) is 0.840. The number of hydrogen-bond acceptors (Lipinski definition) is 3. The maximum absolute atomic E-state index is 13.5. The van der Waals surface area contributed by atoms with E-state index in [2.05, 4.69) is 5.32 Å². The number of carbonyl (C=O) groups is 1. The summed E-state index contributed by atoms with van der Waals surface area (Å²) in [7, 11) is 1.28. The van der Waals surface area contributed by atoms with E-state index in [4.69, 9.17) is 11.6 Å². The van der Waals surface area contributed by atoms with Gasteiger partial charge in [-0.15, -0.1) is 0 Å². The Bertz CT molecular complexity index is 488. The third-order valence-electron chi connectivity index (χ3n) is 3.32. The zero-order chi connectivity index (χ0) is 14.0. The largest absolute Gasteiger partial charge is 0.349 e. The lowest BCUT2D eigenvalue weighted by Gasteiger charge is -2.16. The van der Waals surface area contributed by atoms with Gasteiger partial charge in [0.15, 0.2) is 0 Å². The molecule has 1 aliphatic carbocycles. The molecule has 2 N–H and O–H groups in total. The van der Waals surface area contributed by atoms with Gasteiger partial charge in [0.1, 0.15) is 5.82 Å². The number of halogens is 2. The van der Waals surface area contributed by atoms with Gasteiger partial charge in [-0.3, -0.25) is 15.1 Å². The molecule has 1 fully saturated rings. The molecule has 0 heterocycles. The van der Waals surface area contributed by atoms with Crippen LogP contribution in [-0.2, 0) is 0 Å². The summed E-state index contributed by atoms with van der Waals surface area (Å²) in [5.41, 5.74) is 0.0897. The molecule has 0 radical (unpaired) electrons. The minimum absolute atomic E-state index is 0.0404. The van der Waals surface area contributed by atoms with E-state index < -0.39 is 5.82 Å². The van der Waals surface area contributed by atoms with Crippen LogP contribution < -0.4 is 10.4 Å². The fourth-order valence-electron chi connectivity index (χ4n) is 2.29. The van der Waals surface area contributed by atoms with Crippen molar-refractivity contribution in [2.75, 3.05) is 12.1 Å². The number of nitrogens with one attached hydrogen (secondary N) is 1. The fraction of sp³-hybridized carbons (Fsp3) is 0.462. The van der Waals surface area contributed by atoms with E-state index >= 15 is 0 Å². The summed E-state index contributed by atoms with van der Waals surface area (Å²) in [5, 5.41) is 12.8. The van der Waals surface area contributed by atoms with Crippen molar-refractivity contribution >= 4 is 23.2 Å². The lowest BCUT2D eigenvalue weighted by atomic mass is 10.1. The van der Waals surface area contributed by atoms with Crippen LogP contribution in [0.1, 0.15) is 36.0 Å². The molecule has 0 spiro atoms. The van der Waals surface area contributed by atoms with E-state index in [1.165, 1.54) is 13.1 Å². The Hall–Kier alpha value is -1.33. The first-order chi connectivity index (χ1) is 8.99. The Morgan fingerprint density at radius 2 is 2.11 bits per heavy atom. The van der Waals surface area contributed by atoms with Crippen molar-refractivity contribution in [3.05, 3.63) is 28.5 Å². The summed E-state index contributed by atoms with van der Waals surface area (Å²) >= 11 is 5.89. The van der Waals surface area contributed by atoms with Gasteiger partial charge in [-0.05, 0) is 25.0 Å². The average molecular weight is 287 g/mol. The molecule has 0 unspecified atom stereocenters. The Morgan fingerprint density at radius 3 is 2.68 bits per heavy atom. The summed E-state index contributed by atoms with van der Waals surface area (Å²) in [6.45, 7) is 0. The third-order valence-corrected chi connectivity index (χ3v) is 3.63. The Morgan fingerprint density at radius 1 is 1.47 bits per heavy atom. The molecule has 1 aliphatic rings. The van der Waals surface area contributed by atoms with Crippen LogP contribution in [0.15, 0.2) is 12.1 Å². The Labute approximate surface area is 116 Å². The van der Waals surface area contributed by atoms with Crippen LogP contribution in [-0.4, -0.2) is 24.2 Å². The second kappa shape index (κ2) is 5.75. The van der Waals surface area contributed by atoms with Crippen molar-refractivity contribution < 1.29 is 14.4 Å². The highest BCUT2D eigenvalue weighted by Gasteiger charge is 2.21. The fourth-order valence-corrected chi connectivity index (χ4v) is 2.53. The first-order valence-corrected chi connectivity index (χ1v) is 6.59. The van der Waals surface area contributed by atoms with Gasteiger partial charge in [0.25, 0.3) is 5.91 Å². The van der Waals surface area contributed by atoms with Crippen LogP contribution in [0.3, 0.4) is 0 Å². The Balaban J connectivity index is 2.22. The number of rotatable bonds is 3. The molecule has 0 bridgehead atoms. The van der Waals surface area contributed by atoms with E-state index in [-0.39, 0.29) is 28.2 Å². The van der Waals surface area contributed by atoms with Gasteiger partial charge in [0.05, 0.1) is 16.3 Å². The molecule has 0 saturated heterocycles. The van der Waals surface area contributed by atoms with Crippen molar-refractivity contribution in [2.24, 2.45) is 0 Å². The van der Waals surface area contributed by atoms with Gasteiger partial charge in [-0.25, -0.2) is 4.39 Å². The molecule has 1 aromatic rings. The maximum atomic E-state index is 13.5. The molecule has 1 amide bonds. The van der Waals surface area contributed by atoms with Crippen molar-refractivity contribution in [3.8, 4) is 0 Å². The molecular weight excluding hydrogens is 271 g/mol. The molecule has 0 aliphatic heterocycles. The monoisotopic (exact) mass is 286 g/mol. The predicted octanol–water partition coefficient (Wildman–Crippen LogP) is 2.98. The number of hydrogen-bond donors (Lipinski definition) is 2. The van der Waals surface area contributed by atoms with E-state index in [0.29, 0.717) is 5.06 Å². The van der Waals surface area contributed by atoms with Crippen LogP contribution in [0, 0.1) is 5.82 Å². The highest BCUT2D eigenvalue weighted by atomic mass is 35.5. The molecular formula is C13H16ClFN2O2. The molecule has 0 atom stereocenters. The normalized spacial score (nSPS) is 15.6. The Kier molecular flexibility index (Phi) is 4.27. The molecule has 104 valence electrons. The van der Waals surface area contributed by atoms with Crippen molar-refractivity contribution in [2.45, 2.75) is 31.7 Å². The standard InChI is InChI=1S/C13H16ClFN2O2/c1-17(19)12-6-9(10(14)7-11(12)15)13(18)16-8-4-2-3-5-8/h6-8,19H,2-5H2,1H3,(H,16,18). The lowest BCUT2D eigenvalue weighted by Crippen LogP contribution is -2.33. The minimum Gasteiger partial charge on any atom is -0.349 e. The smallest absolute Gasteiger partial charge is 0.253 e. The summed E-state index contributed by atoms with van der Waals surface area (Å²) < 4.78 is 13.5. The number of amides is 1. The minimum atomic E-state index is -0.674. The highest BCUT2D eigenvalue weighted by Crippen LogP contribution is 2.26. The molecule has 1 saturated carbocycles. The summed E-state index contributed by atoms with van der Waals surface area (Å²) in [6.07, 6.45) is 4.12. The van der Waals surface area contributed by atoms with Crippen LogP contribution in [0.5, 0.6) is 0 Å². The van der Waals surface area contributed by atoms with Crippen LogP contribution in [0.4, 0.5) is 10.1 Å². The molecule has 4 nitrogen and oxygen atoms in total. The van der Waals surface area contributed by atoms with Gasteiger partial charge >= 0.3 is 0 Å². The highest BCUT2D eigenvalue weighted by molar-refractivity contribution is 6.34. The number of hydroxylamine groups is 1. The van der Waals surface area contributed by atoms with Crippen molar-refractivity contribution in [1.82, 2.24) is 5.32 Å². The van der Waals surface area contributed by atoms with Gasteiger partial charge in [-0.2, -0.15) is 0 Å². The first kappa shape index (κ1) is 14.1. The summed E-state index contributed by atoms with van der Waals surface area (Å²) in [5.74, 6) is -1.01. The number of benzene rings is 1. The maximum Gasteiger partial charge on any atom is 0.253 e. The summed E-state index contributed by atoms with van der Waals surface area (Å²) in [6, 6.07) is 2.44. The van der Waals surface area contributed by atoms with Gasteiger partial charge in [0.2, 0.25) is 0 Å². The molecule has 19 heavy (non-hydrogen) atoms. The summed E-state index contributed by atoms with van der Waals surface area (Å²) in [4.78, 5) is 12.1. The number of anilines is 1. The molecule has 1 aromatic carbocycles. The van der Waals surface area contributed by atoms with Gasteiger partial charge in [-0.1, -0.05) is 24.4 Å². The van der Waals surface area contributed by atoms with Gasteiger partial charge < -0.3 is 5.32 Å². The van der Waals surface area contributed by atoms with E-state index in [9.17, 15) is 14.4 Å². The average Bonchev–Trinajstić information content (AvgIpc) is 2.81. The lowest BCUT2D eigenvalue weighted by molar-refractivity contribution is 0.0938. The zero-order valence-corrected chi connectivity index (χ0v) is 11.4.